The van der Waals surface area contributed by atoms with Gasteiger partial charge in [-0.25, -0.2) is 4.79 Å². The van der Waals surface area contributed by atoms with Crippen molar-refractivity contribution < 1.29 is 24.2 Å². The highest BCUT2D eigenvalue weighted by molar-refractivity contribution is 6.00. The van der Waals surface area contributed by atoms with E-state index < -0.39 is 12.0 Å². The van der Waals surface area contributed by atoms with Gasteiger partial charge in [-0.15, -0.1) is 0 Å². The Kier molecular flexibility index (Phi) is 6.49. The van der Waals surface area contributed by atoms with Gasteiger partial charge in [0.25, 0.3) is 5.91 Å². The minimum Gasteiger partial charge on any atom is -0.493 e. The minimum absolute atomic E-state index is 0.195. The average molecular weight is 396 g/mol. The number of likely N-dealkylation sites (tertiary alicyclic amines) is 1. The lowest BCUT2D eigenvalue weighted by Gasteiger charge is -2.25. The van der Waals surface area contributed by atoms with Crippen molar-refractivity contribution in [3.8, 4) is 5.75 Å². The lowest BCUT2D eigenvalue weighted by Crippen LogP contribution is -2.45. The van der Waals surface area contributed by atoms with E-state index in [1.165, 1.54) is 12.1 Å². The quantitative estimate of drug-likeness (QED) is 0.750. The molecule has 7 heteroatoms. The molecule has 0 spiro atoms. The van der Waals surface area contributed by atoms with Gasteiger partial charge >= 0.3 is 5.97 Å². The van der Waals surface area contributed by atoms with E-state index in [0.29, 0.717) is 30.9 Å². The van der Waals surface area contributed by atoms with E-state index in [2.05, 4.69) is 5.32 Å². The van der Waals surface area contributed by atoms with Crippen LogP contribution in [0.15, 0.2) is 48.5 Å². The lowest BCUT2D eigenvalue weighted by atomic mass is 10.1. The number of aromatic carboxylic acids is 1. The summed E-state index contributed by atoms with van der Waals surface area (Å²) in [7, 11) is 0. The monoisotopic (exact) mass is 396 g/mol. The molecule has 0 aromatic heterocycles. The first-order valence-electron chi connectivity index (χ1n) is 9.64. The number of amides is 2. The van der Waals surface area contributed by atoms with E-state index in [4.69, 9.17) is 9.84 Å². The molecule has 2 amide bonds. The largest absolute Gasteiger partial charge is 0.493 e. The van der Waals surface area contributed by atoms with Crippen LogP contribution in [-0.4, -0.2) is 47.0 Å². The highest BCUT2D eigenvalue weighted by Crippen LogP contribution is 2.25. The fraction of sp³-hybridized carbons (Fsp3) is 0.318. The van der Waals surface area contributed by atoms with E-state index >= 15 is 0 Å². The van der Waals surface area contributed by atoms with Gasteiger partial charge in [-0.3, -0.25) is 9.59 Å². The van der Waals surface area contributed by atoms with Crippen LogP contribution in [0.3, 0.4) is 0 Å². The van der Waals surface area contributed by atoms with Crippen molar-refractivity contribution in [1.82, 2.24) is 10.2 Å². The van der Waals surface area contributed by atoms with Crippen molar-refractivity contribution in [2.24, 2.45) is 0 Å². The maximum Gasteiger partial charge on any atom is 0.335 e. The number of benzene rings is 2. The summed E-state index contributed by atoms with van der Waals surface area (Å²) >= 11 is 0. The molecule has 1 aliphatic rings. The number of rotatable bonds is 7. The zero-order chi connectivity index (χ0) is 20.8. The number of carbonyl (C=O) groups excluding carboxylic acids is 2. The topological polar surface area (TPSA) is 95.9 Å². The second kappa shape index (κ2) is 9.23. The van der Waals surface area contributed by atoms with Gasteiger partial charge in [0.2, 0.25) is 5.91 Å². The SMILES string of the molecule is CCOc1ccccc1C(=O)N1CCCC1C(=O)NCc1ccc(C(=O)O)cc1. The van der Waals surface area contributed by atoms with Gasteiger partial charge in [0.1, 0.15) is 11.8 Å². The Hall–Kier alpha value is -3.35. The van der Waals surface area contributed by atoms with Gasteiger partial charge in [-0.2, -0.15) is 0 Å². The van der Waals surface area contributed by atoms with E-state index in [0.717, 1.165) is 12.0 Å². The molecule has 1 atom stereocenters. The first-order chi connectivity index (χ1) is 14.0. The van der Waals surface area contributed by atoms with Crippen LogP contribution >= 0.6 is 0 Å². The van der Waals surface area contributed by atoms with Crippen LogP contribution in [0.1, 0.15) is 46.0 Å². The first kappa shape index (κ1) is 20.4. The molecule has 1 saturated heterocycles. The van der Waals surface area contributed by atoms with Crippen LogP contribution in [0.5, 0.6) is 5.75 Å². The number of hydrogen-bond donors (Lipinski definition) is 2. The number of ether oxygens (including phenoxy) is 1. The van der Waals surface area contributed by atoms with E-state index in [1.54, 1.807) is 35.2 Å². The van der Waals surface area contributed by atoms with Crippen molar-refractivity contribution in [2.45, 2.75) is 32.4 Å². The third-order valence-corrected chi connectivity index (χ3v) is 4.90. The van der Waals surface area contributed by atoms with Crippen LogP contribution in [-0.2, 0) is 11.3 Å². The Morgan fingerprint density at radius 3 is 2.55 bits per heavy atom. The number of hydrogen-bond acceptors (Lipinski definition) is 4. The highest BCUT2D eigenvalue weighted by atomic mass is 16.5. The summed E-state index contributed by atoms with van der Waals surface area (Å²) < 4.78 is 5.56. The number of nitrogens with one attached hydrogen (secondary N) is 1. The maximum absolute atomic E-state index is 13.0. The molecule has 1 unspecified atom stereocenters. The Morgan fingerprint density at radius 2 is 1.86 bits per heavy atom. The number of nitrogens with zero attached hydrogens (tertiary/aromatic N) is 1. The molecule has 1 fully saturated rings. The Labute approximate surface area is 169 Å². The summed E-state index contributed by atoms with van der Waals surface area (Å²) in [6.45, 7) is 3.10. The molecule has 3 rings (SSSR count). The van der Waals surface area contributed by atoms with Crippen LogP contribution < -0.4 is 10.1 Å². The molecule has 29 heavy (non-hydrogen) atoms. The smallest absolute Gasteiger partial charge is 0.335 e. The minimum atomic E-state index is -0.993. The zero-order valence-electron chi connectivity index (χ0n) is 16.3. The molecular formula is C22H24N2O5. The van der Waals surface area contributed by atoms with Crippen molar-refractivity contribution in [2.75, 3.05) is 13.2 Å². The van der Waals surface area contributed by atoms with Crippen LogP contribution in [0.2, 0.25) is 0 Å². The third kappa shape index (κ3) is 4.74. The van der Waals surface area contributed by atoms with Gasteiger partial charge in [-0.05, 0) is 49.6 Å². The Bertz CT molecular complexity index is 894. The average Bonchev–Trinajstić information content (AvgIpc) is 3.22. The molecule has 1 aliphatic heterocycles. The molecule has 0 aliphatic carbocycles. The summed E-state index contributed by atoms with van der Waals surface area (Å²) in [6.07, 6.45) is 1.36. The predicted molar refractivity (Wildman–Crippen MR) is 107 cm³/mol. The second-order valence-electron chi connectivity index (χ2n) is 6.81. The summed E-state index contributed by atoms with van der Waals surface area (Å²) in [4.78, 5) is 38.3. The second-order valence-corrected chi connectivity index (χ2v) is 6.81. The summed E-state index contributed by atoms with van der Waals surface area (Å²) in [5, 5.41) is 11.8. The van der Waals surface area contributed by atoms with Gasteiger partial charge in [0.15, 0.2) is 0 Å². The summed E-state index contributed by atoms with van der Waals surface area (Å²) in [6, 6.07) is 12.9. The highest BCUT2D eigenvalue weighted by Gasteiger charge is 2.35. The third-order valence-electron chi connectivity index (χ3n) is 4.90. The molecule has 152 valence electrons. The number of carbonyl (C=O) groups is 3. The predicted octanol–water partition coefficient (Wildman–Crippen LogP) is 2.70. The number of para-hydroxylation sites is 1. The summed E-state index contributed by atoms with van der Waals surface area (Å²) in [5.41, 5.74) is 1.44. The zero-order valence-corrected chi connectivity index (χ0v) is 16.3. The van der Waals surface area contributed by atoms with Crippen LogP contribution in [0, 0.1) is 0 Å². The molecular weight excluding hydrogens is 372 g/mol. The van der Waals surface area contributed by atoms with E-state index in [-0.39, 0.29) is 23.9 Å². The molecule has 0 radical (unpaired) electrons. The fourth-order valence-electron chi connectivity index (χ4n) is 3.43. The molecule has 2 aromatic rings. The van der Waals surface area contributed by atoms with Crippen molar-refractivity contribution in [3.05, 3.63) is 65.2 Å². The van der Waals surface area contributed by atoms with Crippen LogP contribution in [0.25, 0.3) is 0 Å². The van der Waals surface area contributed by atoms with Gasteiger partial charge in [0.05, 0.1) is 17.7 Å². The maximum atomic E-state index is 13.0. The summed E-state index contributed by atoms with van der Waals surface area (Å²) in [5.74, 6) is -0.901. The molecule has 0 saturated carbocycles. The van der Waals surface area contributed by atoms with Gasteiger partial charge in [-0.1, -0.05) is 24.3 Å². The number of carboxylic acids is 1. The van der Waals surface area contributed by atoms with E-state index in [1.807, 2.05) is 13.0 Å². The molecule has 7 nitrogen and oxygen atoms in total. The molecule has 2 aromatic carbocycles. The Morgan fingerprint density at radius 1 is 1.14 bits per heavy atom. The van der Waals surface area contributed by atoms with Gasteiger partial charge in [0, 0.05) is 13.1 Å². The first-order valence-corrected chi connectivity index (χ1v) is 9.64. The number of carboxylic acid groups (broad SMARTS) is 1. The standard InChI is InChI=1S/C22H24N2O5/c1-2-29-19-8-4-3-6-17(19)21(26)24-13-5-7-18(24)20(25)23-14-15-9-11-16(12-10-15)22(27)28/h3-4,6,8-12,18H,2,5,7,13-14H2,1H3,(H,23,25)(H,27,28). The van der Waals surface area contributed by atoms with Crippen molar-refractivity contribution in [1.29, 1.82) is 0 Å². The Balaban J connectivity index is 1.66. The van der Waals surface area contributed by atoms with Gasteiger partial charge < -0.3 is 20.1 Å². The van der Waals surface area contributed by atoms with E-state index in [9.17, 15) is 14.4 Å². The lowest BCUT2D eigenvalue weighted by molar-refractivity contribution is -0.125. The molecule has 0 bridgehead atoms. The normalized spacial score (nSPS) is 15.8. The van der Waals surface area contributed by atoms with Crippen LogP contribution in [0.4, 0.5) is 0 Å². The van der Waals surface area contributed by atoms with Crippen molar-refractivity contribution >= 4 is 17.8 Å². The van der Waals surface area contributed by atoms with Crippen molar-refractivity contribution in [3.63, 3.8) is 0 Å². The fourth-order valence-corrected chi connectivity index (χ4v) is 3.43. The molecule has 2 N–H and O–H groups in total. The molecule has 1 heterocycles.